The van der Waals surface area contributed by atoms with Gasteiger partial charge in [-0.1, -0.05) is 29.8 Å². The van der Waals surface area contributed by atoms with Crippen LogP contribution in [-0.4, -0.2) is 42.8 Å². The second-order valence-corrected chi connectivity index (χ2v) is 5.44. The lowest BCUT2D eigenvalue weighted by atomic mass is 10.1. The van der Waals surface area contributed by atoms with E-state index in [-0.39, 0.29) is 11.7 Å². The number of carbonyl (C=O) groups is 2. The van der Waals surface area contributed by atoms with E-state index in [4.69, 9.17) is 0 Å². The van der Waals surface area contributed by atoms with E-state index >= 15 is 0 Å². The Balaban J connectivity index is 2.39. The van der Waals surface area contributed by atoms with Crippen LogP contribution in [0.15, 0.2) is 40.9 Å². The van der Waals surface area contributed by atoms with Gasteiger partial charge in [0.05, 0.1) is 0 Å². The summed E-state index contributed by atoms with van der Waals surface area (Å²) in [7, 11) is 0. The molecular formula is C16H21BrN2O2. The second kappa shape index (κ2) is 9.47. The van der Waals surface area contributed by atoms with Crippen LogP contribution in [-0.2, 0) is 4.79 Å². The van der Waals surface area contributed by atoms with Crippen molar-refractivity contribution in [3.05, 3.63) is 46.5 Å². The van der Waals surface area contributed by atoms with E-state index in [9.17, 15) is 9.59 Å². The molecule has 0 saturated heterocycles. The Labute approximate surface area is 134 Å². The minimum absolute atomic E-state index is 0.179. The van der Waals surface area contributed by atoms with E-state index in [1.165, 1.54) is 12.2 Å². The number of amides is 1. The van der Waals surface area contributed by atoms with Gasteiger partial charge in [0, 0.05) is 29.2 Å². The molecule has 0 radical (unpaired) electrons. The van der Waals surface area contributed by atoms with Crippen molar-refractivity contribution in [3.8, 4) is 0 Å². The molecule has 21 heavy (non-hydrogen) atoms. The Hall–Kier alpha value is -1.46. The van der Waals surface area contributed by atoms with Crippen molar-refractivity contribution in [3.63, 3.8) is 0 Å². The maximum absolute atomic E-state index is 11.8. The van der Waals surface area contributed by atoms with Gasteiger partial charge in [-0.2, -0.15) is 0 Å². The molecule has 0 aliphatic rings. The Morgan fingerprint density at radius 2 is 1.76 bits per heavy atom. The number of nitrogens with one attached hydrogen (secondary N) is 1. The number of halogens is 1. The number of hydrogen-bond acceptors (Lipinski definition) is 3. The molecule has 1 aromatic carbocycles. The van der Waals surface area contributed by atoms with Crippen molar-refractivity contribution in [1.29, 1.82) is 0 Å². The topological polar surface area (TPSA) is 49.4 Å². The zero-order valence-electron chi connectivity index (χ0n) is 12.4. The van der Waals surface area contributed by atoms with Gasteiger partial charge in [0.2, 0.25) is 5.91 Å². The fourth-order valence-corrected chi connectivity index (χ4v) is 2.06. The number of ketones is 1. The largest absolute Gasteiger partial charge is 0.351 e. The van der Waals surface area contributed by atoms with Gasteiger partial charge in [0.25, 0.3) is 0 Å². The quantitative estimate of drug-likeness (QED) is 0.577. The summed E-state index contributed by atoms with van der Waals surface area (Å²) in [5.41, 5.74) is 0.561. The highest BCUT2D eigenvalue weighted by Crippen LogP contribution is 2.11. The first-order chi connectivity index (χ1) is 10.1. The highest BCUT2D eigenvalue weighted by molar-refractivity contribution is 9.10. The summed E-state index contributed by atoms with van der Waals surface area (Å²) in [6.07, 6.45) is 2.59. The van der Waals surface area contributed by atoms with Gasteiger partial charge >= 0.3 is 0 Å². The third kappa shape index (κ3) is 6.69. The summed E-state index contributed by atoms with van der Waals surface area (Å²) in [4.78, 5) is 25.7. The van der Waals surface area contributed by atoms with E-state index in [1.54, 1.807) is 24.3 Å². The van der Waals surface area contributed by atoms with Crippen LogP contribution in [0.5, 0.6) is 0 Å². The molecular weight excluding hydrogens is 332 g/mol. The zero-order valence-corrected chi connectivity index (χ0v) is 14.0. The maximum atomic E-state index is 11.8. The van der Waals surface area contributed by atoms with E-state index in [1.807, 2.05) is 0 Å². The first kappa shape index (κ1) is 17.6. The molecule has 1 amide bonds. The summed E-state index contributed by atoms with van der Waals surface area (Å²) >= 11 is 3.31. The monoisotopic (exact) mass is 352 g/mol. The van der Waals surface area contributed by atoms with Crippen molar-refractivity contribution in [2.75, 3.05) is 26.2 Å². The van der Waals surface area contributed by atoms with E-state index in [0.29, 0.717) is 12.1 Å². The lowest BCUT2D eigenvalue weighted by molar-refractivity contribution is -0.116. The first-order valence-corrected chi connectivity index (χ1v) is 7.84. The van der Waals surface area contributed by atoms with Crippen molar-refractivity contribution in [1.82, 2.24) is 10.2 Å². The number of likely N-dealkylation sites (N-methyl/N-ethyl adjacent to an activating group) is 1. The number of hydrogen-bond donors (Lipinski definition) is 1. The zero-order chi connectivity index (χ0) is 15.7. The smallest absolute Gasteiger partial charge is 0.244 e. The molecule has 1 N–H and O–H groups in total. The molecule has 0 spiro atoms. The Kier molecular flexibility index (Phi) is 7.93. The molecule has 4 nitrogen and oxygen atoms in total. The summed E-state index contributed by atoms with van der Waals surface area (Å²) in [6.45, 7) is 7.49. The van der Waals surface area contributed by atoms with Gasteiger partial charge in [-0.15, -0.1) is 0 Å². The predicted octanol–water partition coefficient (Wildman–Crippen LogP) is 2.65. The normalized spacial score (nSPS) is 11.0. The lowest BCUT2D eigenvalue weighted by Crippen LogP contribution is -2.34. The van der Waals surface area contributed by atoms with Gasteiger partial charge in [0.1, 0.15) is 0 Å². The van der Waals surface area contributed by atoms with Crippen molar-refractivity contribution >= 4 is 27.6 Å². The highest BCUT2D eigenvalue weighted by Gasteiger charge is 2.03. The molecule has 0 aromatic heterocycles. The SMILES string of the molecule is CCN(CC)CCNC(=O)/C=C/C(=O)c1ccc(Br)cc1. The molecule has 0 bridgehead atoms. The third-order valence-electron chi connectivity index (χ3n) is 3.14. The van der Waals surface area contributed by atoms with Crippen LogP contribution in [0.4, 0.5) is 0 Å². The highest BCUT2D eigenvalue weighted by atomic mass is 79.9. The van der Waals surface area contributed by atoms with Crippen LogP contribution < -0.4 is 5.32 Å². The molecule has 0 heterocycles. The third-order valence-corrected chi connectivity index (χ3v) is 3.67. The summed E-state index contributed by atoms with van der Waals surface area (Å²) < 4.78 is 0.914. The number of allylic oxidation sites excluding steroid dienone is 1. The molecule has 0 aliphatic carbocycles. The number of carbonyl (C=O) groups excluding carboxylic acids is 2. The molecule has 0 atom stereocenters. The molecule has 114 valence electrons. The van der Waals surface area contributed by atoms with Gasteiger partial charge in [-0.3, -0.25) is 9.59 Å². The van der Waals surface area contributed by atoms with E-state index < -0.39 is 0 Å². The van der Waals surface area contributed by atoms with Crippen LogP contribution in [0.3, 0.4) is 0 Å². The van der Waals surface area contributed by atoms with Crippen molar-refractivity contribution in [2.24, 2.45) is 0 Å². The van der Waals surface area contributed by atoms with Gasteiger partial charge < -0.3 is 10.2 Å². The van der Waals surface area contributed by atoms with E-state index in [0.717, 1.165) is 24.1 Å². The number of nitrogens with zero attached hydrogens (tertiary/aromatic N) is 1. The van der Waals surface area contributed by atoms with Gasteiger partial charge in [-0.25, -0.2) is 0 Å². The van der Waals surface area contributed by atoms with E-state index in [2.05, 4.69) is 40.0 Å². The van der Waals surface area contributed by atoms with Crippen molar-refractivity contribution in [2.45, 2.75) is 13.8 Å². The van der Waals surface area contributed by atoms with Crippen LogP contribution in [0.25, 0.3) is 0 Å². The minimum Gasteiger partial charge on any atom is -0.351 e. The number of benzene rings is 1. The van der Waals surface area contributed by atoms with Crippen LogP contribution in [0, 0.1) is 0 Å². The summed E-state index contributed by atoms with van der Waals surface area (Å²) in [5, 5.41) is 2.77. The second-order valence-electron chi connectivity index (χ2n) is 4.52. The molecule has 0 saturated carbocycles. The fourth-order valence-electron chi connectivity index (χ4n) is 1.80. The van der Waals surface area contributed by atoms with Crippen LogP contribution in [0.2, 0.25) is 0 Å². The molecule has 0 fully saturated rings. The lowest BCUT2D eigenvalue weighted by Gasteiger charge is -2.17. The Bertz CT molecular complexity index is 494. The van der Waals surface area contributed by atoms with Crippen molar-refractivity contribution < 1.29 is 9.59 Å². The van der Waals surface area contributed by atoms with Crippen LogP contribution >= 0.6 is 15.9 Å². The first-order valence-electron chi connectivity index (χ1n) is 7.05. The Morgan fingerprint density at radius 3 is 2.33 bits per heavy atom. The molecule has 5 heteroatoms. The fraction of sp³-hybridized carbons (Fsp3) is 0.375. The average Bonchev–Trinajstić information content (AvgIpc) is 2.50. The standard InChI is InChI=1S/C16H21BrN2O2/c1-3-19(4-2)12-11-18-16(21)10-9-15(20)13-5-7-14(17)8-6-13/h5-10H,3-4,11-12H2,1-2H3,(H,18,21)/b10-9+. The van der Waals surface area contributed by atoms with Gasteiger partial charge in [0.15, 0.2) is 5.78 Å². The maximum Gasteiger partial charge on any atom is 0.244 e. The number of rotatable bonds is 8. The summed E-state index contributed by atoms with van der Waals surface area (Å²) in [6, 6.07) is 7.03. The Morgan fingerprint density at radius 1 is 1.14 bits per heavy atom. The molecule has 1 rings (SSSR count). The molecule has 0 unspecified atom stereocenters. The van der Waals surface area contributed by atoms with Crippen LogP contribution in [0.1, 0.15) is 24.2 Å². The molecule has 1 aromatic rings. The summed E-state index contributed by atoms with van der Waals surface area (Å²) in [5.74, 6) is -0.422. The minimum atomic E-state index is -0.243. The predicted molar refractivity (Wildman–Crippen MR) is 88.4 cm³/mol. The van der Waals surface area contributed by atoms with Gasteiger partial charge in [-0.05, 0) is 43.4 Å². The molecule has 0 aliphatic heterocycles. The average molecular weight is 353 g/mol.